The first-order valence-electron chi connectivity index (χ1n) is 11.0. The molecule has 0 bridgehead atoms. The fraction of sp³-hybridized carbons (Fsp3) is 0.214. The molecular formula is C28H27ClN2O2. The molecule has 1 aliphatic rings. The van der Waals surface area contributed by atoms with E-state index in [0.29, 0.717) is 21.8 Å². The second-order valence-corrected chi connectivity index (χ2v) is 9.61. The molecule has 3 aromatic rings. The van der Waals surface area contributed by atoms with Gasteiger partial charge in [0.05, 0.1) is 11.3 Å². The van der Waals surface area contributed by atoms with Gasteiger partial charge in [0, 0.05) is 10.7 Å². The third kappa shape index (κ3) is 4.57. The summed E-state index contributed by atoms with van der Waals surface area (Å²) < 4.78 is 0. The number of carbonyl (C=O) groups excluding carboxylic acids is 2. The van der Waals surface area contributed by atoms with Gasteiger partial charge in [0.15, 0.2) is 0 Å². The Hall–Kier alpha value is -3.37. The van der Waals surface area contributed by atoms with Crippen LogP contribution < -0.4 is 10.2 Å². The molecular weight excluding hydrogens is 432 g/mol. The number of imide groups is 1. The monoisotopic (exact) mass is 458 g/mol. The number of hydrogen-bond acceptors (Lipinski definition) is 3. The van der Waals surface area contributed by atoms with E-state index in [1.165, 1.54) is 10.5 Å². The van der Waals surface area contributed by atoms with Crippen molar-refractivity contribution in [1.29, 1.82) is 0 Å². The fourth-order valence-corrected chi connectivity index (χ4v) is 3.97. The average Bonchev–Trinajstić information content (AvgIpc) is 3.03. The van der Waals surface area contributed by atoms with Crippen molar-refractivity contribution < 1.29 is 9.59 Å². The predicted octanol–water partition coefficient (Wildman–Crippen LogP) is 6.60. The summed E-state index contributed by atoms with van der Waals surface area (Å²) in [4.78, 5) is 28.3. The Labute approximate surface area is 199 Å². The largest absolute Gasteiger partial charge is 0.350 e. The van der Waals surface area contributed by atoms with E-state index < -0.39 is 0 Å². The Bertz CT molecular complexity index is 1220. The minimum Gasteiger partial charge on any atom is -0.350 e. The zero-order valence-corrected chi connectivity index (χ0v) is 20.0. The smallest absolute Gasteiger partial charge is 0.282 e. The van der Waals surface area contributed by atoms with Gasteiger partial charge < -0.3 is 5.32 Å². The van der Waals surface area contributed by atoms with Crippen molar-refractivity contribution in [2.24, 2.45) is 0 Å². The van der Waals surface area contributed by atoms with Gasteiger partial charge in [0.25, 0.3) is 11.8 Å². The van der Waals surface area contributed by atoms with Crippen molar-refractivity contribution >= 4 is 40.4 Å². The van der Waals surface area contributed by atoms with Crippen LogP contribution in [0.5, 0.6) is 0 Å². The van der Waals surface area contributed by atoms with Crippen LogP contribution in [-0.4, -0.2) is 11.8 Å². The molecule has 0 fully saturated rings. The van der Waals surface area contributed by atoms with Crippen molar-refractivity contribution in [3.63, 3.8) is 0 Å². The number of anilines is 2. The topological polar surface area (TPSA) is 49.4 Å². The summed E-state index contributed by atoms with van der Waals surface area (Å²) in [5.41, 5.74) is 4.86. The van der Waals surface area contributed by atoms with Crippen molar-refractivity contribution in [3.8, 4) is 0 Å². The zero-order valence-electron chi connectivity index (χ0n) is 19.3. The normalized spacial score (nSPS) is 14.3. The van der Waals surface area contributed by atoms with E-state index in [9.17, 15) is 9.59 Å². The van der Waals surface area contributed by atoms with Crippen LogP contribution in [0.3, 0.4) is 0 Å². The summed E-state index contributed by atoms with van der Waals surface area (Å²) in [6.45, 7) is 8.51. The first kappa shape index (κ1) is 22.8. The lowest BCUT2D eigenvalue weighted by atomic mass is 9.87. The maximum atomic E-state index is 13.5. The summed E-state index contributed by atoms with van der Waals surface area (Å²) >= 11 is 6.06. The second kappa shape index (κ2) is 8.87. The van der Waals surface area contributed by atoms with Crippen LogP contribution in [0.4, 0.5) is 11.4 Å². The molecule has 0 saturated heterocycles. The van der Waals surface area contributed by atoms with Crippen molar-refractivity contribution in [2.45, 2.75) is 39.5 Å². The highest BCUT2D eigenvalue weighted by molar-refractivity contribution is 6.46. The van der Waals surface area contributed by atoms with Crippen molar-refractivity contribution in [3.05, 3.63) is 100 Å². The number of aryl methyl sites for hydroxylation is 1. The van der Waals surface area contributed by atoms with E-state index in [4.69, 9.17) is 11.6 Å². The molecule has 0 unspecified atom stereocenters. The van der Waals surface area contributed by atoms with E-state index in [1.54, 1.807) is 24.3 Å². The number of hydrogen-bond donors (Lipinski definition) is 1. The molecule has 0 atom stereocenters. The van der Waals surface area contributed by atoms with Gasteiger partial charge in [0.1, 0.15) is 5.70 Å². The van der Waals surface area contributed by atoms with Crippen LogP contribution in [0.15, 0.2) is 78.5 Å². The van der Waals surface area contributed by atoms with Gasteiger partial charge in [-0.05, 0) is 64.9 Å². The van der Waals surface area contributed by atoms with Crippen LogP contribution in [0.2, 0.25) is 5.02 Å². The molecule has 1 N–H and O–H groups in total. The van der Waals surface area contributed by atoms with E-state index in [0.717, 1.165) is 17.7 Å². The minimum absolute atomic E-state index is 0.0207. The standard InChI is InChI=1S/C28H27ClN2O2/c1-5-18-6-16-23(17-7-18)31-26(32)24(19-8-12-21(29)13-9-19)25(27(31)33)30-22-14-10-20(11-15-22)28(2,3)4/h6-17,30H,5H2,1-4H3. The van der Waals surface area contributed by atoms with Gasteiger partial charge >= 0.3 is 0 Å². The summed E-state index contributed by atoms with van der Waals surface area (Å²) in [5.74, 6) is -0.741. The quantitative estimate of drug-likeness (QED) is 0.438. The third-order valence-corrected chi connectivity index (χ3v) is 6.09. The maximum Gasteiger partial charge on any atom is 0.282 e. The van der Waals surface area contributed by atoms with E-state index in [2.05, 4.69) is 33.0 Å². The highest BCUT2D eigenvalue weighted by Gasteiger charge is 2.40. The molecule has 4 rings (SSSR count). The molecule has 168 valence electrons. The Kier molecular flexibility index (Phi) is 6.13. The van der Waals surface area contributed by atoms with Gasteiger partial charge in [-0.15, -0.1) is 0 Å². The number of nitrogens with one attached hydrogen (secondary N) is 1. The first-order chi connectivity index (χ1) is 15.7. The Morgan fingerprint density at radius 2 is 1.42 bits per heavy atom. The van der Waals surface area contributed by atoms with Gasteiger partial charge in [-0.2, -0.15) is 0 Å². The molecule has 5 heteroatoms. The average molecular weight is 459 g/mol. The summed E-state index contributed by atoms with van der Waals surface area (Å²) in [6, 6.07) is 22.4. The fourth-order valence-electron chi connectivity index (χ4n) is 3.84. The Balaban J connectivity index is 1.75. The highest BCUT2D eigenvalue weighted by Crippen LogP contribution is 2.34. The molecule has 2 amide bonds. The summed E-state index contributed by atoms with van der Waals surface area (Å²) in [6.07, 6.45) is 0.883. The number of benzene rings is 3. The SMILES string of the molecule is CCc1ccc(N2C(=O)C(Nc3ccc(C(C)(C)C)cc3)=C(c3ccc(Cl)cc3)C2=O)cc1. The molecule has 0 saturated carbocycles. The number of halogens is 1. The molecule has 0 aromatic heterocycles. The molecule has 1 aliphatic heterocycles. The number of carbonyl (C=O) groups is 2. The van der Waals surface area contributed by atoms with Crippen LogP contribution in [0.1, 0.15) is 44.4 Å². The van der Waals surface area contributed by atoms with Crippen LogP contribution >= 0.6 is 11.6 Å². The second-order valence-electron chi connectivity index (χ2n) is 9.17. The highest BCUT2D eigenvalue weighted by atomic mass is 35.5. The minimum atomic E-state index is -0.380. The van der Waals surface area contributed by atoms with E-state index in [1.807, 2.05) is 48.5 Å². The summed E-state index contributed by atoms with van der Waals surface area (Å²) in [5, 5.41) is 3.78. The lowest BCUT2D eigenvalue weighted by molar-refractivity contribution is -0.120. The molecule has 33 heavy (non-hydrogen) atoms. The van der Waals surface area contributed by atoms with Crippen LogP contribution in [0.25, 0.3) is 5.57 Å². The van der Waals surface area contributed by atoms with E-state index in [-0.39, 0.29) is 22.9 Å². The lowest BCUT2D eigenvalue weighted by Crippen LogP contribution is -2.32. The Morgan fingerprint density at radius 3 is 1.97 bits per heavy atom. The van der Waals surface area contributed by atoms with Crippen molar-refractivity contribution in [2.75, 3.05) is 10.2 Å². The van der Waals surface area contributed by atoms with E-state index >= 15 is 0 Å². The number of rotatable bonds is 5. The molecule has 1 heterocycles. The third-order valence-electron chi connectivity index (χ3n) is 5.84. The van der Waals surface area contributed by atoms with Gasteiger partial charge in [-0.25, -0.2) is 4.90 Å². The van der Waals surface area contributed by atoms with Gasteiger partial charge in [-0.3, -0.25) is 9.59 Å². The number of nitrogens with zero attached hydrogens (tertiary/aromatic N) is 1. The van der Waals surface area contributed by atoms with Gasteiger partial charge in [-0.1, -0.05) is 75.7 Å². The molecule has 4 nitrogen and oxygen atoms in total. The molecule has 3 aromatic carbocycles. The van der Waals surface area contributed by atoms with Crippen molar-refractivity contribution in [1.82, 2.24) is 0 Å². The lowest BCUT2D eigenvalue weighted by Gasteiger charge is -2.19. The van der Waals surface area contributed by atoms with Gasteiger partial charge in [0.2, 0.25) is 0 Å². The number of amides is 2. The predicted molar refractivity (Wildman–Crippen MR) is 135 cm³/mol. The summed E-state index contributed by atoms with van der Waals surface area (Å²) in [7, 11) is 0. The molecule has 0 spiro atoms. The molecule has 0 radical (unpaired) electrons. The van der Waals surface area contributed by atoms with Crippen LogP contribution in [-0.2, 0) is 21.4 Å². The van der Waals surface area contributed by atoms with Crippen LogP contribution in [0, 0.1) is 0 Å². The maximum absolute atomic E-state index is 13.5. The molecule has 0 aliphatic carbocycles. The zero-order chi connectivity index (χ0) is 23.8. The first-order valence-corrected chi connectivity index (χ1v) is 11.4. The Morgan fingerprint density at radius 1 is 0.818 bits per heavy atom.